The van der Waals surface area contributed by atoms with Crippen LogP contribution >= 0.6 is 23.2 Å². The lowest BCUT2D eigenvalue weighted by Gasteiger charge is -2.33. The Kier molecular flexibility index (Phi) is 2.89. The van der Waals surface area contributed by atoms with Crippen LogP contribution in [-0.2, 0) is 6.42 Å². The number of halogens is 2. The van der Waals surface area contributed by atoms with Crippen LogP contribution in [0.4, 0.5) is 0 Å². The number of benzene rings is 1. The van der Waals surface area contributed by atoms with E-state index in [-0.39, 0.29) is 0 Å². The molecule has 0 saturated heterocycles. The summed E-state index contributed by atoms with van der Waals surface area (Å²) in [7, 11) is 0. The molecule has 3 atom stereocenters. The quantitative estimate of drug-likeness (QED) is 0.859. The molecule has 2 aliphatic carbocycles. The molecule has 1 nitrogen and oxygen atoms in total. The van der Waals surface area contributed by atoms with Gasteiger partial charge in [-0.3, -0.25) is 0 Å². The minimum absolute atomic E-state index is 0.461. The number of hydrogen-bond donors (Lipinski definition) is 1. The first-order chi connectivity index (χ1) is 8.07. The zero-order chi connectivity index (χ0) is 12.0. The Balaban J connectivity index is 1.85. The first kappa shape index (κ1) is 11.8. The topological polar surface area (TPSA) is 20.2 Å². The van der Waals surface area contributed by atoms with Gasteiger partial charge in [0.2, 0.25) is 0 Å². The van der Waals surface area contributed by atoms with Gasteiger partial charge >= 0.3 is 0 Å². The van der Waals surface area contributed by atoms with E-state index in [0.29, 0.717) is 22.4 Å². The van der Waals surface area contributed by atoms with Gasteiger partial charge in [-0.1, -0.05) is 23.2 Å². The Hall–Kier alpha value is -0.240. The fourth-order valence-corrected chi connectivity index (χ4v) is 4.02. The van der Waals surface area contributed by atoms with E-state index in [2.05, 4.69) is 0 Å². The van der Waals surface area contributed by atoms with Crippen molar-refractivity contribution in [2.45, 2.75) is 37.7 Å². The molecule has 3 unspecified atom stereocenters. The maximum atomic E-state index is 10.7. The van der Waals surface area contributed by atoms with Crippen molar-refractivity contribution in [2.75, 3.05) is 0 Å². The van der Waals surface area contributed by atoms with Gasteiger partial charge < -0.3 is 5.11 Å². The predicted molar refractivity (Wildman–Crippen MR) is 70.6 cm³/mol. The van der Waals surface area contributed by atoms with Crippen LogP contribution in [0.25, 0.3) is 0 Å². The first-order valence-corrected chi connectivity index (χ1v) is 6.99. The molecule has 0 aromatic heterocycles. The number of fused-ring (bicyclic) bond motifs is 2. The van der Waals surface area contributed by atoms with Gasteiger partial charge in [-0.15, -0.1) is 0 Å². The third-order valence-electron chi connectivity index (χ3n) is 4.45. The van der Waals surface area contributed by atoms with E-state index in [4.69, 9.17) is 23.2 Å². The molecule has 2 aliphatic rings. The third kappa shape index (κ3) is 2.09. The molecule has 3 rings (SSSR count). The summed E-state index contributed by atoms with van der Waals surface area (Å²) in [4.78, 5) is 0. The summed E-state index contributed by atoms with van der Waals surface area (Å²) < 4.78 is 0. The Morgan fingerprint density at radius 1 is 1.29 bits per heavy atom. The molecule has 0 aliphatic heterocycles. The molecule has 2 saturated carbocycles. The van der Waals surface area contributed by atoms with E-state index in [1.807, 2.05) is 12.1 Å². The Bertz CT molecular complexity index is 446. The summed E-state index contributed by atoms with van der Waals surface area (Å²) in [5.74, 6) is 1.19. The zero-order valence-electron chi connectivity index (χ0n) is 9.63. The van der Waals surface area contributed by atoms with Crippen LogP contribution < -0.4 is 0 Å². The summed E-state index contributed by atoms with van der Waals surface area (Å²) in [5.41, 5.74) is 0.436. The molecule has 0 spiro atoms. The van der Waals surface area contributed by atoms with Gasteiger partial charge in [-0.2, -0.15) is 0 Å². The van der Waals surface area contributed by atoms with Crippen LogP contribution in [0.1, 0.15) is 31.2 Å². The van der Waals surface area contributed by atoms with Crippen LogP contribution in [0.3, 0.4) is 0 Å². The molecule has 1 aromatic carbocycles. The van der Waals surface area contributed by atoms with Crippen LogP contribution in [-0.4, -0.2) is 10.7 Å². The maximum Gasteiger partial charge on any atom is 0.0719 e. The number of aliphatic hydroxyl groups is 1. The van der Waals surface area contributed by atoms with Crippen LogP contribution in [0.15, 0.2) is 18.2 Å². The van der Waals surface area contributed by atoms with Gasteiger partial charge in [0.15, 0.2) is 0 Å². The smallest absolute Gasteiger partial charge is 0.0719 e. The van der Waals surface area contributed by atoms with Crippen molar-refractivity contribution in [2.24, 2.45) is 11.8 Å². The Morgan fingerprint density at radius 2 is 2.12 bits per heavy atom. The van der Waals surface area contributed by atoms with Gasteiger partial charge in [0.1, 0.15) is 0 Å². The van der Waals surface area contributed by atoms with Gasteiger partial charge in [-0.25, -0.2) is 0 Å². The second-order valence-electron chi connectivity index (χ2n) is 5.60. The lowest BCUT2D eigenvalue weighted by molar-refractivity contribution is -0.0124. The minimum atomic E-state index is -0.544. The van der Waals surface area contributed by atoms with Crippen molar-refractivity contribution >= 4 is 23.2 Å². The van der Waals surface area contributed by atoms with E-state index in [1.54, 1.807) is 6.07 Å². The molecular formula is C14H16Cl2O. The number of rotatable bonds is 2. The molecule has 2 fully saturated rings. The average Bonchev–Trinajstić information content (AvgIpc) is 2.83. The Labute approximate surface area is 112 Å². The normalized spacial score (nSPS) is 35.5. The highest BCUT2D eigenvalue weighted by Crippen LogP contribution is 2.52. The van der Waals surface area contributed by atoms with Crippen LogP contribution in [0.2, 0.25) is 10.0 Å². The van der Waals surface area contributed by atoms with Gasteiger partial charge in [0.25, 0.3) is 0 Å². The van der Waals surface area contributed by atoms with Crippen LogP contribution in [0, 0.1) is 11.8 Å². The molecule has 0 heterocycles. The predicted octanol–water partition coefficient (Wildman–Crippen LogP) is 4.09. The molecule has 3 heteroatoms. The van der Waals surface area contributed by atoms with Gasteiger partial charge in [0, 0.05) is 16.5 Å². The largest absolute Gasteiger partial charge is 0.389 e. The SMILES string of the molecule is OC1(Cc2cc(Cl)ccc2Cl)CC2CCC1C2. The summed E-state index contributed by atoms with van der Waals surface area (Å²) >= 11 is 12.2. The van der Waals surface area contributed by atoms with Crippen molar-refractivity contribution in [1.29, 1.82) is 0 Å². The fraction of sp³-hybridized carbons (Fsp3) is 0.571. The molecule has 17 heavy (non-hydrogen) atoms. The fourth-order valence-electron chi connectivity index (χ4n) is 3.64. The minimum Gasteiger partial charge on any atom is -0.389 e. The molecule has 1 aromatic rings. The van der Waals surface area contributed by atoms with Gasteiger partial charge in [-0.05, 0) is 61.3 Å². The van der Waals surface area contributed by atoms with Crippen molar-refractivity contribution in [3.05, 3.63) is 33.8 Å². The zero-order valence-corrected chi connectivity index (χ0v) is 11.1. The molecule has 0 radical (unpaired) electrons. The summed E-state index contributed by atoms with van der Waals surface area (Å²) in [6, 6.07) is 5.49. The van der Waals surface area contributed by atoms with Crippen LogP contribution in [0.5, 0.6) is 0 Å². The Morgan fingerprint density at radius 3 is 2.76 bits per heavy atom. The van der Waals surface area contributed by atoms with E-state index in [9.17, 15) is 5.11 Å². The molecular weight excluding hydrogens is 255 g/mol. The number of hydrogen-bond acceptors (Lipinski definition) is 1. The highest BCUT2D eigenvalue weighted by atomic mass is 35.5. The lowest BCUT2D eigenvalue weighted by Crippen LogP contribution is -2.37. The first-order valence-electron chi connectivity index (χ1n) is 6.23. The molecule has 2 bridgehead atoms. The monoisotopic (exact) mass is 270 g/mol. The molecule has 92 valence electrons. The lowest BCUT2D eigenvalue weighted by atomic mass is 9.80. The summed E-state index contributed by atoms with van der Waals surface area (Å²) in [5, 5.41) is 12.2. The van der Waals surface area contributed by atoms with Gasteiger partial charge in [0.05, 0.1) is 5.60 Å². The van der Waals surface area contributed by atoms with Crippen molar-refractivity contribution in [3.8, 4) is 0 Å². The van der Waals surface area contributed by atoms with Crippen molar-refractivity contribution in [3.63, 3.8) is 0 Å². The highest BCUT2D eigenvalue weighted by Gasteiger charge is 2.49. The molecule has 0 amide bonds. The average molecular weight is 271 g/mol. The maximum absolute atomic E-state index is 10.7. The van der Waals surface area contributed by atoms with E-state index < -0.39 is 5.60 Å². The second-order valence-corrected chi connectivity index (χ2v) is 6.44. The van der Waals surface area contributed by atoms with Crippen molar-refractivity contribution < 1.29 is 5.11 Å². The standard InChI is InChI=1S/C14H16Cl2O/c15-12-3-4-13(16)10(6-12)8-14(17)7-9-1-2-11(14)5-9/h3-4,6,9,11,17H,1-2,5,7-8H2. The third-order valence-corrected chi connectivity index (χ3v) is 5.05. The highest BCUT2D eigenvalue weighted by molar-refractivity contribution is 6.33. The van der Waals surface area contributed by atoms with Crippen molar-refractivity contribution in [1.82, 2.24) is 0 Å². The second kappa shape index (κ2) is 4.15. The summed E-state index contributed by atoms with van der Waals surface area (Å²) in [6.45, 7) is 0. The van der Waals surface area contributed by atoms with E-state index >= 15 is 0 Å². The summed E-state index contributed by atoms with van der Waals surface area (Å²) in [6.07, 6.45) is 5.22. The van der Waals surface area contributed by atoms with E-state index in [1.165, 1.54) is 19.3 Å². The van der Waals surface area contributed by atoms with E-state index in [0.717, 1.165) is 17.9 Å². The molecule has 1 N–H and O–H groups in total.